The molecule has 1 rings (SSSR count). The first-order chi connectivity index (χ1) is 7.15. The third kappa shape index (κ3) is 4.36. The number of rotatable bonds is 5. The van der Waals surface area contributed by atoms with Gasteiger partial charge in [-0.3, -0.25) is 0 Å². The van der Waals surface area contributed by atoms with E-state index in [4.69, 9.17) is 0 Å². The Hall–Kier alpha value is 0.310. The highest BCUT2D eigenvalue weighted by Gasteiger charge is 2.26. The fraction of sp³-hybridized carbons (Fsp3) is 1.00. The van der Waals surface area contributed by atoms with Crippen molar-refractivity contribution in [2.24, 2.45) is 5.92 Å². The van der Waals surface area contributed by atoms with Gasteiger partial charge in [0.25, 0.3) is 0 Å². The van der Waals surface area contributed by atoms with Gasteiger partial charge in [0.05, 0.1) is 0 Å². The molecule has 0 aromatic carbocycles. The Balaban J connectivity index is 2.41. The van der Waals surface area contributed by atoms with Crippen molar-refractivity contribution >= 4 is 11.8 Å². The lowest BCUT2D eigenvalue weighted by Gasteiger charge is -2.34. The molecule has 3 atom stereocenters. The molecule has 2 heteroatoms. The van der Waals surface area contributed by atoms with E-state index in [-0.39, 0.29) is 0 Å². The SMILES string of the molecule is CCNC1CCCCC1SC(C)C(C)C. The minimum Gasteiger partial charge on any atom is -0.313 e. The van der Waals surface area contributed by atoms with E-state index in [9.17, 15) is 0 Å². The van der Waals surface area contributed by atoms with Crippen LogP contribution in [-0.4, -0.2) is 23.1 Å². The molecule has 90 valence electrons. The smallest absolute Gasteiger partial charge is 0.0203 e. The van der Waals surface area contributed by atoms with E-state index >= 15 is 0 Å². The minimum atomic E-state index is 0.773. The van der Waals surface area contributed by atoms with E-state index < -0.39 is 0 Å². The molecule has 15 heavy (non-hydrogen) atoms. The molecule has 1 fully saturated rings. The summed E-state index contributed by atoms with van der Waals surface area (Å²) >= 11 is 2.21. The lowest BCUT2D eigenvalue weighted by molar-refractivity contribution is 0.389. The average Bonchev–Trinajstić information content (AvgIpc) is 2.21. The molecular weight excluding hydrogens is 202 g/mol. The number of thioether (sulfide) groups is 1. The molecule has 0 heterocycles. The van der Waals surface area contributed by atoms with Crippen molar-refractivity contribution in [1.29, 1.82) is 0 Å². The third-order valence-electron chi connectivity index (χ3n) is 3.50. The summed E-state index contributed by atoms with van der Waals surface area (Å²) in [7, 11) is 0. The summed E-state index contributed by atoms with van der Waals surface area (Å²) in [5.41, 5.74) is 0. The predicted molar refractivity (Wildman–Crippen MR) is 71.6 cm³/mol. The van der Waals surface area contributed by atoms with Gasteiger partial charge >= 0.3 is 0 Å². The highest BCUT2D eigenvalue weighted by Crippen LogP contribution is 2.33. The maximum Gasteiger partial charge on any atom is 0.0203 e. The molecule has 0 aromatic rings. The fourth-order valence-corrected chi connectivity index (χ4v) is 3.78. The molecule has 1 aliphatic rings. The maximum absolute atomic E-state index is 3.66. The molecule has 1 aliphatic carbocycles. The lowest BCUT2D eigenvalue weighted by atomic mass is 9.95. The Labute approximate surface area is 99.8 Å². The van der Waals surface area contributed by atoms with E-state index in [1.165, 1.54) is 25.7 Å². The van der Waals surface area contributed by atoms with Gasteiger partial charge in [-0.2, -0.15) is 11.8 Å². The van der Waals surface area contributed by atoms with Gasteiger partial charge in [-0.05, 0) is 25.3 Å². The van der Waals surface area contributed by atoms with Gasteiger partial charge < -0.3 is 5.32 Å². The largest absolute Gasteiger partial charge is 0.313 e. The van der Waals surface area contributed by atoms with Gasteiger partial charge in [0.15, 0.2) is 0 Å². The van der Waals surface area contributed by atoms with Gasteiger partial charge in [-0.15, -0.1) is 0 Å². The molecular formula is C13H27NS. The van der Waals surface area contributed by atoms with E-state index in [0.29, 0.717) is 0 Å². The molecule has 0 aromatic heterocycles. The van der Waals surface area contributed by atoms with Crippen LogP contribution in [0, 0.1) is 5.92 Å². The van der Waals surface area contributed by atoms with Gasteiger partial charge in [0, 0.05) is 16.5 Å². The van der Waals surface area contributed by atoms with Crippen LogP contribution in [0.4, 0.5) is 0 Å². The Kier molecular flexibility index (Phi) is 6.06. The Morgan fingerprint density at radius 2 is 1.87 bits per heavy atom. The summed E-state index contributed by atoms with van der Waals surface area (Å²) in [6.45, 7) is 10.4. The molecule has 0 bridgehead atoms. The molecule has 1 saturated carbocycles. The van der Waals surface area contributed by atoms with Crippen LogP contribution in [0.2, 0.25) is 0 Å². The zero-order valence-electron chi connectivity index (χ0n) is 10.8. The second-order valence-corrected chi connectivity index (χ2v) is 6.69. The van der Waals surface area contributed by atoms with Crippen LogP contribution in [-0.2, 0) is 0 Å². The third-order valence-corrected chi connectivity index (χ3v) is 5.38. The summed E-state index contributed by atoms with van der Waals surface area (Å²) in [6, 6.07) is 0.773. The van der Waals surface area contributed by atoms with Crippen molar-refractivity contribution in [1.82, 2.24) is 5.32 Å². The number of hydrogen-bond acceptors (Lipinski definition) is 2. The van der Waals surface area contributed by atoms with Crippen LogP contribution in [0.3, 0.4) is 0 Å². The summed E-state index contributed by atoms with van der Waals surface area (Å²) in [5, 5.41) is 5.32. The highest BCUT2D eigenvalue weighted by atomic mass is 32.2. The van der Waals surface area contributed by atoms with E-state index in [0.717, 1.165) is 29.0 Å². The van der Waals surface area contributed by atoms with Gasteiger partial charge in [-0.25, -0.2) is 0 Å². The van der Waals surface area contributed by atoms with Crippen LogP contribution in [0.5, 0.6) is 0 Å². The van der Waals surface area contributed by atoms with Gasteiger partial charge in [-0.1, -0.05) is 40.5 Å². The molecule has 1 nitrogen and oxygen atoms in total. The molecule has 3 unspecified atom stereocenters. The van der Waals surface area contributed by atoms with Crippen LogP contribution in [0.1, 0.15) is 53.4 Å². The molecule has 0 aliphatic heterocycles. The first-order valence-electron chi connectivity index (χ1n) is 6.54. The van der Waals surface area contributed by atoms with Crippen LogP contribution in [0.15, 0.2) is 0 Å². The normalized spacial score (nSPS) is 29.4. The first-order valence-corrected chi connectivity index (χ1v) is 7.48. The molecule has 1 N–H and O–H groups in total. The zero-order chi connectivity index (χ0) is 11.3. The molecule has 0 radical (unpaired) electrons. The fourth-order valence-electron chi connectivity index (χ4n) is 2.19. The van der Waals surface area contributed by atoms with Gasteiger partial charge in [0.1, 0.15) is 0 Å². The van der Waals surface area contributed by atoms with Crippen molar-refractivity contribution in [3.8, 4) is 0 Å². The van der Waals surface area contributed by atoms with Crippen molar-refractivity contribution in [2.75, 3.05) is 6.54 Å². The van der Waals surface area contributed by atoms with Crippen molar-refractivity contribution in [3.05, 3.63) is 0 Å². The molecule has 0 saturated heterocycles. The first kappa shape index (κ1) is 13.4. The standard InChI is InChI=1S/C13H27NS/c1-5-14-12-8-6-7-9-13(12)15-11(4)10(2)3/h10-14H,5-9H2,1-4H3. The second kappa shape index (κ2) is 6.80. The number of hydrogen-bond donors (Lipinski definition) is 1. The second-order valence-electron chi connectivity index (χ2n) is 5.07. The zero-order valence-corrected chi connectivity index (χ0v) is 11.6. The summed E-state index contributed by atoms with van der Waals surface area (Å²) in [4.78, 5) is 0. The minimum absolute atomic E-state index is 0.773. The van der Waals surface area contributed by atoms with Crippen LogP contribution >= 0.6 is 11.8 Å². The predicted octanol–water partition coefficient (Wildman–Crippen LogP) is 3.68. The summed E-state index contributed by atoms with van der Waals surface area (Å²) < 4.78 is 0. The topological polar surface area (TPSA) is 12.0 Å². The number of nitrogens with one attached hydrogen (secondary N) is 1. The van der Waals surface area contributed by atoms with E-state index in [2.05, 4.69) is 44.8 Å². The van der Waals surface area contributed by atoms with E-state index in [1.54, 1.807) is 0 Å². The monoisotopic (exact) mass is 229 g/mol. The van der Waals surface area contributed by atoms with Crippen molar-refractivity contribution in [3.63, 3.8) is 0 Å². The Morgan fingerprint density at radius 3 is 2.47 bits per heavy atom. The van der Waals surface area contributed by atoms with Crippen molar-refractivity contribution < 1.29 is 0 Å². The molecule has 0 spiro atoms. The summed E-state index contributed by atoms with van der Waals surface area (Å²) in [6.07, 6.45) is 5.66. The van der Waals surface area contributed by atoms with E-state index in [1.807, 2.05) is 0 Å². The lowest BCUT2D eigenvalue weighted by Crippen LogP contribution is -2.41. The quantitative estimate of drug-likeness (QED) is 0.772. The van der Waals surface area contributed by atoms with Crippen molar-refractivity contribution in [2.45, 2.75) is 69.9 Å². The summed E-state index contributed by atoms with van der Waals surface area (Å²) in [5.74, 6) is 0.805. The van der Waals surface area contributed by atoms with Gasteiger partial charge in [0.2, 0.25) is 0 Å². The Morgan fingerprint density at radius 1 is 1.20 bits per heavy atom. The average molecular weight is 229 g/mol. The van der Waals surface area contributed by atoms with Crippen LogP contribution < -0.4 is 5.32 Å². The van der Waals surface area contributed by atoms with Crippen LogP contribution in [0.25, 0.3) is 0 Å². The molecule has 0 amide bonds. The maximum atomic E-state index is 3.66. The highest BCUT2D eigenvalue weighted by molar-refractivity contribution is 8.00. The Bertz CT molecular complexity index is 168.